The summed E-state index contributed by atoms with van der Waals surface area (Å²) < 4.78 is 0. The zero-order valence-electron chi connectivity index (χ0n) is 12.9. The van der Waals surface area contributed by atoms with Crippen LogP contribution in [0.1, 0.15) is 0 Å². The Balaban J connectivity index is 1.70. The second-order valence-electron chi connectivity index (χ2n) is 5.63. The Kier molecular flexibility index (Phi) is 2.78. The molecule has 0 fully saturated rings. The van der Waals surface area contributed by atoms with Crippen LogP contribution in [0.2, 0.25) is 0 Å². The molecule has 0 aliphatic rings. The fourth-order valence-corrected chi connectivity index (χ4v) is 2.78. The van der Waals surface area contributed by atoms with Crippen LogP contribution in [0.5, 0.6) is 0 Å². The highest BCUT2D eigenvalue weighted by Crippen LogP contribution is 2.27. The SMILES string of the molecule is Nc1cncc(-c2ccc3[nH]nc(-c4nc5ncccc5[nH]4)c3n2)c1. The van der Waals surface area contributed by atoms with Crippen molar-refractivity contribution in [2.45, 2.75) is 0 Å². The number of imidazole rings is 1. The van der Waals surface area contributed by atoms with Gasteiger partial charge in [0.05, 0.1) is 22.4 Å². The highest BCUT2D eigenvalue weighted by Gasteiger charge is 2.15. The van der Waals surface area contributed by atoms with E-state index in [0.717, 1.165) is 27.8 Å². The Bertz CT molecular complexity index is 1190. The zero-order chi connectivity index (χ0) is 16.8. The van der Waals surface area contributed by atoms with Crippen molar-refractivity contribution in [3.63, 3.8) is 0 Å². The van der Waals surface area contributed by atoms with Crippen molar-refractivity contribution in [2.75, 3.05) is 5.73 Å². The molecule has 0 aliphatic carbocycles. The lowest BCUT2D eigenvalue weighted by atomic mass is 10.1. The van der Waals surface area contributed by atoms with Crippen LogP contribution in [-0.2, 0) is 0 Å². The van der Waals surface area contributed by atoms with Gasteiger partial charge in [-0.1, -0.05) is 0 Å². The van der Waals surface area contributed by atoms with Gasteiger partial charge in [-0.2, -0.15) is 5.10 Å². The number of aromatic amines is 2. The number of fused-ring (bicyclic) bond motifs is 2. The van der Waals surface area contributed by atoms with Gasteiger partial charge in [-0.05, 0) is 30.3 Å². The van der Waals surface area contributed by atoms with Crippen LogP contribution < -0.4 is 5.73 Å². The normalized spacial score (nSPS) is 11.4. The van der Waals surface area contributed by atoms with E-state index in [0.29, 0.717) is 22.9 Å². The number of aromatic nitrogens is 7. The van der Waals surface area contributed by atoms with E-state index >= 15 is 0 Å². The van der Waals surface area contributed by atoms with Crippen LogP contribution in [0.3, 0.4) is 0 Å². The van der Waals surface area contributed by atoms with Crippen LogP contribution in [0, 0.1) is 0 Å². The predicted octanol–water partition coefficient (Wildman–Crippen LogP) is 2.54. The average molecular weight is 328 g/mol. The number of hydrogen-bond acceptors (Lipinski definition) is 6. The molecule has 8 nitrogen and oxygen atoms in total. The topological polar surface area (TPSA) is 122 Å². The lowest BCUT2D eigenvalue weighted by molar-refractivity contribution is 1.10. The Morgan fingerprint density at radius 1 is 1.00 bits per heavy atom. The fourth-order valence-electron chi connectivity index (χ4n) is 2.78. The van der Waals surface area contributed by atoms with Gasteiger partial charge in [-0.25, -0.2) is 15.0 Å². The van der Waals surface area contributed by atoms with Gasteiger partial charge in [-0.15, -0.1) is 0 Å². The minimum atomic E-state index is 0.593. The van der Waals surface area contributed by atoms with Gasteiger partial charge in [0.2, 0.25) is 0 Å². The molecule has 5 heterocycles. The van der Waals surface area contributed by atoms with Crippen LogP contribution in [0.15, 0.2) is 48.9 Å². The number of nitrogens with two attached hydrogens (primary N) is 1. The highest BCUT2D eigenvalue weighted by atomic mass is 15.2. The van der Waals surface area contributed by atoms with Crippen molar-refractivity contribution in [2.24, 2.45) is 0 Å². The van der Waals surface area contributed by atoms with Crippen LogP contribution in [0.25, 0.3) is 45.0 Å². The number of anilines is 1. The molecule has 0 atom stereocenters. The average Bonchev–Trinajstić information content (AvgIpc) is 3.24. The molecular weight excluding hydrogens is 316 g/mol. The third-order valence-electron chi connectivity index (χ3n) is 3.94. The first kappa shape index (κ1) is 13.6. The Hall–Kier alpha value is -3.81. The summed E-state index contributed by atoms with van der Waals surface area (Å²) in [4.78, 5) is 20.8. The fraction of sp³-hybridized carbons (Fsp3) is 0. The molecule has 0 bridgehead atoms. The van der Waals surface area contributed by atoms with E-state index in [9.17, 15) is 0 Å². The number of pyridine rings is 3. The molecule has 0 saturated carbocycles. The molecule has 8 heteroatoms. The highest BCUT2D eigenvalue weighted by molar-refractivity contribution is 5.91. The summed E-state index contributed by atoms with van der Waals surface area (Å²) >= 11 is 0. The maximum absolute atomic E-state index is 5.82. The molecule has 0 saturated heterocycles. The van der Waals surface area contributed by atoms with Gasteiger partial charge in [0.1, 0.15) is 5.52 Å². The van der Waals surface area contributed by atoms with E-state index in [-0.39, 0.29) is 0 Å². The number of nitrogen functional groups attached to an aromatic ring is 1. The summed E-state index contributed by atoms with van der Waals surface area (Å²) in [7, 11) is 0. The van der Waals surface area contributed by atoms with Crippen LogP contribution >= 0.6 is 0 Å². The number of H-pyrrole nitrogens is 2. The third kappa shape index (κ3) is 2.19. The lowest BCUT2D eigenvalue weighted by Crippen LogP contribution is -1.90. The standard InChI is InChI=1S/C17H12N8/c18-10-6-9(7-19-8-10)11-3-4-12-14(21-11)15(25-24-12)17-22-13-2-1-5-20-16(13)23-17/h1-8H,18H2,(H,24,25)(H,20,22,23). The molecule has 5 aromatic rings. The Labute approximate surface area is 141 Å². The summed E-state index contributed by atoms with van der Waals surface area (Å²) in [6.45, 7) is 0. The number of nitrogens with zero attached hydrogens (tertiary/aromatic N) is 5. The minimum absolute atomic E-state index is 0.593. The quantitative estimate of drug-likeness (QED) is 0.458. The van der Waals surface area contributed by atoms with E-state index in [2.05, 4.69) is 30.1 Å². The Morgan fingerprint density at radius 3 is 2.84 bits per heavy atom. The maximum Gasteiger partial charge on any atom is 0.178 e. The second-order valence-corrected chi connectivity index (χ2v) is 5.63. The molecule has 0 unspecified atom stereocenters. The van der Waals surface area contributed by atoms with E-state index in [1.165, 1.54) is 0 Å². The van der Waals surface area contributed by atoms with Crippen molar-refractivity contribution < 1.29 is 0 Å². The summed E-state index contributed by atoms with van der Waals surface area (Å²) in [5, 5.41) is 7.35. The van der Waals surface area contributed by atoms with Crippen molar-refractivity contribution >= 4 is 27.9 Å². The van der Waals surface area contributed by atoms with E-state index in [1.807, 2.05) is 30.3 Å². The molecule has 0 spiro atoms. The van der Waals surface area contributed by atoms with Gasteiger partial charge in [-0.3, -0.25) is 10.1 Å². The minimum Gasteiger partial charge on any atom is -0.397 e. The van der Waals surface area contributed by atoms with Crippen molar-refractivity contribution in [1.29, 1.82) is 0 Å². The van der Waals surface area contributed by atoms with Crippen LogP contribution in [-0.4, -0.2) is 35.1 Å². The van der Waals surface area contributed by atoms with Gasteiger partial charge in [0.25, 0.3) is 0 Å². The molecule has 0 amide bonds. The van der Waals surface area contributed by atoms with E-state index in [4.69, 9.17) is 10.7 Å². The molecule has 0 aliphatic heterocycles. The van der Waals surface area contributed by atoms with Gasteiger partial charge in [0, 0.05) is 24.2 Å². The molecule has 0 radical (unpaired) electrons. The number of hydrogen-bond donors (Lipinski definition) is 3. The zero-order valence-corrected chi connectivity index (χ0v) is 12.9. The first-order valence-corrected chi connectivity index (χ1v) is 7.65. The number of nitrogens with one attached hydrogen (secondary N) is 2. The molecule has 4 N–H and O–H groups in total. The van der Waals surface area contributed by atoms with Gasteiger partial charge >= 0.3 is 0 Å². The predicted molar refractivity (Wildman–Crippen MR) is 94.4 cm³/mol. The summed E-state index contributed by atoms with van der Waals surface area (Å²) in [5.74, 6) is 0.621. The molecule has 0 aromatic carbocycles. The Morgan fingerprint density at radius 2 is 1.96 bits per heavy atom. The molecule has 120 valence electrons. The smallest absolute Gasteiger partial charge is 0.178 e. The molecule has 5 aromatic heterocycles. The second kappa shape index (κ2) is 5.10. The summed E-state index contributed by atoms with van der Waals surface area (Å²) in [6.07, 6.45) is 5.04. The third-order valence-corrected chi connectivity index (χ3v) is 3.94. The number of rotatable bonds is 2. The lowest BCUT2D eigenvalue weighted by Gasteiger charge is -2.02. The molecule has 5 rings (SSSR count). The van der Waals surface area contributed by atoms with Crippen molar-refractivity contribution in [1.82, 2.24) is 35.1 Å². The monoisotopic (exact) mass is 328 g/mol. The van der Waals surface area contributed by atoms with Crippen LogP contribution in [0.4, 0.5) is 5.69 Å². The van der Waals surface area contributed by atoms with E-state index < -0.39 is 0 Å². The van der Waals surface area contributed by atoms with Gasteiger partial charge in [0.15, 0.2) is 17.2 Å². The summed E-state index contributed by atoms with van der Waals surface area (Å²) in [6, 6.07) is 9.45. The largest absolute Gasteiger partial charge is 0.397 e. The maximum atomic E-state index is 5.82. The molecule has 25 heavy (non-hydrogen) atoms. The van der Waals surface area contributed by atoms with E-state index in [1.54, 1.807) is 18.6 Å². The summed E-state index contributed by atoms with van der Waals surface area (Å²) in [5.41, 5.74) is 11.7. The van der Waals surface area contributed by atoms with Gasteiger partial charge < -0.3 is 10.7 Å². The molecular formula is C17H12N8. The van der Waals surface area contributed by atoms with Crippen molar-refractivity contribution in [3.8, 4) is 22.8 Å². The first-order chi connectivity index (χ1) is 12.3. The van der Waals surface area contributed by atoms with Crippen molar-refractivity contribution in [3.05, 3.63) is 48.9 Å². The first-order valence-electron chi connectivity index (χ1n) is 7.65.